The van der Waals surface area contributed by atoms with Crippen LogP contribution in [0, 0.1) is 13.8 Å². The molecule has 1 N–H and O–H groups in total. The summed E-state index contributed by atoms with van der Waals surface area (Å²) in [5.41, 5.74) is 3.01. The van der Waals surface area contributed by atoms with Crippen LogP contribution in [0.2, 0.25) is 0 Å². The van der Waals surface area contributed by atoms with E-state index < -0.39 is 10.0 Å². The van der Waals surface area contributed by atoms with Gasteiger partial charge in [-0.1, -0.05) is 0 Å². The Balaban J connectivity index is 1.96. The third-order valence-corrected chi connectivity index (χ3v) is 5.17. The van der Waals surface area contributed by atoms with Crippen molar-refractivity contribution in [2.24, 2.45) is 0 Å². The second-order valence-electron chi connectivity index (χ2n) is 5.46. The molecule has 0 spiro atoms. The van der Waals surface area contributed by atoms with E-state index in [0.29, 0.717) is 34.7 Å². The lowest BCUT2D eigenvalue weighted by Crippen LogP contribution is -2.14. The van der Waals surface area contributed by atoms with Crippen molar-refractivity contribution in [2.75, 3.05) is 11.3 Å². The first kappa shape index (κ1) is 16.3. The van der Waals surface area contributed by atoms with E-state index in [0.717, 1.165) is 5.56 Å². The van der Waals surface area contributed by atoms with Crippen LogP contribution in [0.3, 0.4) is 0 Å². The number of hydrogen-bond acceptors (Lipinski definition) is 5. The summed E-state index contributed by atoms with van der Waals surface area (Å²) in [7, 11) is -3.72. The Labute approximate surface area is 140 Å². The molecule has 24 heavy (non-hydrogen) atoms. The Morgan fingerprint density at radius 2 is 1.96 bits per heavy atom. The molecule has 0 atom stereocenters. The van der Waals surface area contributed by atoms with Gasteiger partial charge in [-0.15, -0.1) is 0 Å². The molecule has 0 unspecified atom stereocenters. The fourth-order valence-corrected chi connectivity index (χ4v) is 3.85. The molecule has 0 saturated heterocycles. The van der Waals surface area contributed by atoms with Crippen molar-refractivity contribution < 1.29 is 17.6 Å². The first-order chi connectivity index (χ1) is 11.4. The number of benzene rings is 2. The Morgan fingerprint density at radius 3 is 2.71 bits per heavy atom. The van der Waals surface area contributed by atoms with Crippen LogP contribution in [0.4, 0.5) is 5.69 Å². The molecular weight excluding hydrogens is 328 g/mol. The highest BCUT2D eigenvalue weighted by Gasteiger charge is 2.19. The minimum atomic E-state index is -3.72. The van der Waals surface area contributed by atoms with Crippen LogP contribution in [0.1, 0.15) is 18.1 Å². The van der Waals surface area contributed by atoms with Crippen molar-refractivity contribution in [1.82, 2.24) is 4.98 Å². The number of aromatic nitrogens is 1. The normalized spacial score (nSPS) is 11.6. The first-order valence-corrected chi connectivity index (χ1v) is 8.99. The SMILES string of the molecule is CCOc1cc(C)c(S(=O)(=O)Nc2ccc3ncoc3c2)cc1C. The lowest BCUT2D eigenvalue weighted by Gasteiger charge is -2.14. The van der Waals surface area contributed by atoms with E-state index in [4.69, 9.17) is 9.15 Å². The van der Waals surface area contributed by atoms with Gasteiger partial charge in [-0.3, -0.25) is 4.72 Å². The minimum absolute atomic E-state index is 0.223. The van der Waals surface area contributed by atoms with Crippen LogP contribution in [0.15, 0.2) is 46.0 Å². The van der Waals surface area contributed by atoms with Crippen LogP contribution in [0.5, 0.6) is 5.75 Å². The Kier molecular flexibility index (Phi) is 4.19. The number of nitrogens with zero attached hydrogens (tertiary/aromatic N) is 1. The van der Waals surface area contributed by atoms with Crippen molar-refractivity contribution >= 4 is 26.8 Å². The van der Waals surface area contributed by atoms with Crippen molar-refractivity contribution in [2.45, 2.75) is 25.7 Å². The summed E-state index contributed by atoms with van der Waals surface area (Å²) in [4.78, 5) is 4.23. The van der Waals surface area contributed by atoms with Gasteiger partial charge in [0.25, 0.3) is 10.0 Å². The number of rotatable bonds is 5. The van der Waals surface area contributed by atoms with Gasteiger partial charge < -0.3 is 9.15 Å². The second-order valence-corrected chi connectivity index (χ2v) is 7.11. The van der Waals surface area contributed by atoms with Crippen LogP contribution >= 0.6 is 0 Å². The molecule has 0 aliphatic rings. The molecule has 0 bridgehead atoms. The number of nitrogens with one attached hydrogen (secondary N) is 1. The number of sulfonamides is 1. The van der Waals surface area contributed by atoms with Gasteiger partial charge in [0.1, 0.15) is 11.3 Å². The summed E-state index contributed by atoms with van der Waals surface area (Å²) in [5.74, 6) is 0.692. The van der Waals surface area contributed by atoms with Crippen molar-refractivity contribution in [1.29, 1.82) is 0 Å². The molecule has 126 valence electrons. The van der Waals surface area contributed by atoms with Crippen molar-refractivity contribution in [3.63, 3.8) is 0 Å². The molecule has 0 radical (unpaired) electrons. The summed E-state index contributed by atoms with van der Waals surface area (Å²) in [6, 6.07) is 8.32. The average molecular weight is 346 g/mol. The Bertz CT molecular complexity index is 993. The number of ether oxygens (including phenoxy) is 1. The molecular formula is C17H18N2O4S. The highest BCUT2D eigenvalue weighted by Crippen LogP contribution is 2.28. The van der Waals surface area contributed by atoms with Gasteiger partial charge in [-0.25, -0.2) is 13.4 Å². The maximum Gasteiger partial charge on any atom is 0.262 e. The third kappa shape index (κ3) is 3.07. The maximum atomic E-state index is 12.7. The number of oxazole rings is 1. The van der Waals surface area contributed by atoms with Crippen LogP contribution in [-0.2, 0) is 10.0 Å². The Hall–Kier alpha value is -2.54. The number of anilines is 1. The van der Waals surface area contributed by atoms with Gasteiger partial charge in [0.05, 0.1) is 17.2 Å². The molecule has 1 heterocycles. The van der Waals surface area contributed by atoms with E-state index in [1.54, 1.807) is 37.3 Å². The van der Waals surface area contributed by atoms with E-state index in [1.165, 1.54) is 6.39 Å². The molecule has 0 saturated carbocycles. The lowest BCUT2D eigenvalue weighted by molar-refractivity contribution is 0.337. The van der Waals surface area contributed by atoms with E-state index in [1.807, 2.05) is 13.8 Å². The first-order valence-electron chi connectivity index (χ1n) is 7.51. The summed E-state index contributed by atoms with van der Waals surface area (Å²) >= 11 is 0. The summed E-state index contributed by atoms with van der Waals surface area (Å²) in [5, 5.41) is 0. The minimum Gasteiger partial charge on any atom is -0.494 e. The van der Waals surface area contributed by atoms with Gasteiger partial charge in [0.2, 0.25) is 0 Å². The van der Waals surface area contributed by atoms with Gasteiger partial charge in [0, 0.05) is 6.07 Å². The topological polar surface area (TPSA) is 81.4 Å². The Morgan fingerprint density at radius 1 is 1.17 bits per heavy atom. The fourth-order valence-electron chi connectivity index (χ4n) is 2.49. The number of aryl methyl sites for hydroxylation is 2. The zero-order chi connectivity index (χ0) is 17.3. The molecule has 0 fully saturated rings. The van der Waals surface area contributed by atoms with Gasteiger partial charge >= 0.3 is 0 Å². The van der Waals surface area contributed by atoms with Gasteiger partial charge in [0.15, 0.2) is 12.0 Å². The molecule has 2 aromatic carbocycles. The smallest absolute Gasteiger partial charge is 0.262 e. The highest BCUT2D eigenvalue weighted by molar-refractivity contribution is 7.92. The summed E-state index contributed by atoms with van der Waals surface area (Å²) in [6.45, 7) is 5.99. The van der Waals surface area contributed by atoms with E-state index in [9.17, 15) is 8.42 Å². The molecule has 3 aromatic rings. The maximum absolute atomic E-state index is 12.7. The predicted octanol–water partition coefficient (Wildman–Crippen LogP) is 3.64. The molecule has 0 aliphatic heterocycles. The lowest BCUT2D eigenvalue weighted by atomic mass is 10.1. The predicted molar refractivity (Wildman–Crippen MR) is 91.9 cm³/mol. The van der Waals surface area contributed by atoms with Crippen LogP contribution < -0.4 is 9.46 Å². The zero-order valence-corrected chi connectivity index (χ0v) is 14.5. The molecule has 7 heteroatoms. The van der Waals surface area contributed by atoms with Crippen LogP contribution in [0.25, 0.3) is 11.1 Å². The van der Waals surface area contributed by atoms with Gasteiger partial charge in [-0.2, -0.15) is 0 Å². The number of fused-ring (bicyclic) bond motifs is 1. The van der Waals surface area contributed by atoms with Crippen LogP contribution in [-0.4, -0.2) is 20.0 Å². The quantitative estimate of drug-likeness (QED) is 0.763. The van der Waals surface area contributed by atoms with E-state index in [2.05, 4.69) is 9.71 Å². The second kappa shape index (κ2) is 6.16. The molecule has 1 aromatic heterocycles. The largest absolute Gasteiger partial charge is 0.494 e. The number of hydrogen-bond donors (Lipinski definition) is 1. The van der Waals surface area contributed by atoms with E-state index in [-0.39, 0.29) is 4.90 Å². The molecule has 0 amide bonds. The fraction of sp³-hybridized carbons (Fsp3) is 0.235. The monoisotopic (exact) mass is 346 g/mol. The summed E-state index contributed by atoms with van der Waals surface area (Å²) in [6.07, 6.45) is 1.32. The van der Waals surface area contributed by atoms with Crippen molar-refractivity contribution in [3.05, 3.63) is 47.9 Å². The molecule has 3 rings (SSSR count). The standard InChI is InChI=1S/C17H18N2O4S/c1-4-22-15-7-12(3)17(8-11(15)2)24(20,21)19-13-5-6-14-16(9-13)23-10-18-14/h5-10,19H,4H2,1-3H3. The van der Waals surface area contributed by atoms with E-state index >= 15 is 0 Å². The summed E-state index contributed by atoms with van der Waals surface area (Å²) < 4.78 is 38.7. The van der Waals surface area contributed by atoms with Gasteiger partial charge in [-0.05, 0) is 56.2 Å². The average Bonchev–Trinajstić information content (AvgIpc) is 2.98. The zero-order valence-electron chi connectivity index (χ0n) is 13.7. The highest BCUT2D eigenvalue weighted by atomic mass is 32.2. The molecule has 6 nitrogen and oxygen atoms in total. The molecule has 0 aliphatic carbocycles. The third-order valence-electron chi connectivity index (χ3n) is 3.65. The van der Waals surface area contributed by atoms with Crippen molar-refractivity contribution in [3.8, 4) is 5.75 Å².